The topological polar surface area (TPSA) is 58.9 Å². The fraction of sp³-hybridized carbons (Fsp3) is 0.250. The molecule has 0 amide bonds. The van der Waals surface area contributed by atoms with Gasteiger partial charge < -0.3 is 5.11 Å². The molecule has 2 aromatic rings. The van der Waals surface area contributed by atoms with Crippen LogP contribution in [0.2, 0.25) is 0 Å². The van der Waals surface area contributed by atoms with Crippen LogP contribution in [-0.4, -0.2) is 20.3 Å². The number of hydrogen-bond acceptors (Lipinski definition) is 4. The molecule has 0 fully saturated rings. The van der Waals surface area contributed by atoms with Crippen LogP contribution in [-0.2, 0) is 19.4 Å². The Labute approximate surface area is 94.0 Å². The van der Waals surface area contributed by atoms with Crippen molar-refractivity contribution in [3.63, 3.8) is 0 Å². The highest BCUT2D eigenvalue weighted by Crippen LogP contribution is 2.05. The molecule has 0 aliphatic heterocycles. The fourth-order valence-electron chi connectivity index (χ4n) is 1.48. The normalized spacial score (nSPS) is 10.3. The Hall–Kier alpha value is -1.81. The molecule has 0 unspecified atom stereocenters. The highest BCUT2D eigenvalue weighted by molar-refractivity contribution is 5.15. The van der Waals surface area contributed by atoms with Crippen LogP contribution in [0.15, 0.2) is 36.8 Å². The van der Waals surface area contributed by atoms with Gasteiger partial charge in [-0.1, -0.05) is 6.07 Å². The van der Waals surface area contributed by atoms with E-state index >= 15 is 0 Å². The first-order chi connectivity index (χ1) is 7.88. The standard InChI is InChI=1S/C12H13N3O/c16-9-11-6-12(15-14-8-11)4-3-10-2-1-5-13-7-10/h1-2,5-8,16H,3-4,9H2. The lowest BCUT2D eigenvalue weighted by molar-refractivity contribution is 0.281. The number of pyridine rings is 1. The van der Waals surface area contributed by atoms with E-state index in [1.165, 1.54) is 5.56 Å². The van der Waals surface area contributed by atoms with Crippen molar-refractivity contribution >= 4 is 0 Å². The lowest BCUT2D eigenvalue weighted by Gasteiger charge is -2.01. The van der Waals surface area contributed by atoms with E-state index in [-0.39, 0.29) is 6.61 Å². The molecule has 2 heterocycles. The minimum Gasteiger partial charge on any atom is -0.392 e. The van der Waals surface area contributed by atoms with Crippen LogP contribution in [0.5, 0.6) is 0 Å². The van der Waals surface area contributed by atoms with Gasteiger partial charge in [-0.3, -0.25) is 4.98 Å². The van der Waals surface area contributed by atoms with Crippen LogP contribution >= 0.6 is 0 Å². The number of rotatable bonds is 4. The third kappa shape index (κ3) is 2.84. The number of nitrogens with zero attached hydrogens (tertiary/aromatic N) is 3. The predicted molar refractivity (Wildman–Crippen MR) is 59.6 cm³/mol. The molecule has 0 bridgehead atoms. The van der Waals surface area contributed by atoms with E-state index in [0.717, 1.165) is 24.1 Å². The molecular formula is C12H13N3O. The molecule has 4 heteroatoms. The molecule has 0 saturated carbocycles. The van der Waals surface area contributed by atoms with E-state index in [0.29, 0.717) is 0 Å². The summed E-state index contributed by atoms with van der Waals surface area (Å²) in [6, 6.07) is 5.84. The summed E-state index contributed by atoms with van der Waals surface area (Å²) in [6.45, 7) is 0.00934. The Bertz CT molecular complexity index is 445. The van der Waals surface area contributed by atoms with Gasteiger partial charge in [-0.2, -0.15) is 10.2 Å². The van der Waals surface area contributed by atoms with Crippen LogP contribution < -0.4 is 0 Å². The van der Waals surface area contributed by atoms with E-state index in [9.17, 15) is 0 Å². The largest absolute Gasteiger partial charge is 0.392 e. The summed E-state index contributed by atoms with van der Waals surface area (Å²) in [5.74, 6) is 0. The lowest BCUT2D eigenvalue weighted by atomic mass is 10.1. The van der Waals surface area contributed by atoms with E-state index < -0.39 is 0 Å². The Morgan fingerprint density at radius 2 is 2.06 bits per heavy atom. The van der Waals surface area contributed by atoms with Crippen LogP contribution in [0.3, 0.4) is 0 Å². The SMILES string of the molecule is OCc1cnnc(CCc2cccnc2)c1. The highest BCUT2D eigenvalue weighted by Gasteiger charge is 1.99. The van der Waals surface area contributed by atoms with Crippen LogP contribution in [0, 0.1) is 0 Å². The minimum atomic E-state index is 0.00934. The number of aryl methyl sites for hydroxylation is 2. The van der Waals surface area contributed by atoms with Gasteiger partial charge in [-0.05, 0) is 36.1 Å². The molecule has 0 atom stereocenters. The second kappa shape index (κ2) is 5.32. The summed E-state index contributed by atoms with van der Waals surface area (Å²) < 4.78 is 0. The average Bonchev–Trinajstić information content (AvgIpc) is 2.38. The fourth-order valence-corrected chi connectivity index (χ4v) is 1.48. The van der Waals surface area contributed by atoms with Crippen molar-refractivity contribution in [1.29, 1.82) is 0 Å². The van der Waals surface area contributed by atoms with Gasteiger partial charge in [0.15, 0.2) is 0 Å². The Morgan fingerprint density at radius 3 is 2.81 bits per heavy atom. The Balaban J connectivity index is 1.99. The van der Waals surface area contributed by atoms with Crippen molar-refractivity contribution in [3.8, 4) is 0 Å². The summed E-state index contributed by atoms with van der Waals surface area (Å²) in [6.07, 6.45) is 6.89. The van der Waals surface area contributed by atoms with E-state index in [2.05, 4.69) is 15.2 Å². The second-order valence-electron chi connectivity index (χ2n) is 3.57. The molecular weight excluding hydrogens is 202 g/mol. The van der Waals surface area contributed by atoms with Crippen LogP contribution in [0.25, 0.3) is 0 Å². The van der Waals surface area contributed by atoms with E-state index in [1.807, 2.05) is 24.4 Å². The quantitative estimate of drug-likeness (QED) is 0.831. The third-order valence-corrected chi connectivity index (χ3v) is 2.34. The third-order valence-electron chi connectivity index (χ3n) is 2.34. The van der Waals surface area contributed by atoms with Gasteiger partial charge in [0.25, 0.3) is 0 Å². The summed E-state index contributed by atoms with van der Waals surface area (Å²) in [5.41, 5.74) is 2.88. The van der Waals surface area contributed by atoms with Crippen molar-refractivity contribution in [2.45, 2.75) is 19.4 Å². The predicted octanol–water partition coefficient (Wildman–Crippen LogP) is 1.15. The molecule has 0 aromatic carbocycles. The maximum atomic E-state index is 8.97. The van der Waals surface area contributed by atoms with Crippen molar-refractivity contribution < 1.29 is 5.11 Å². The van der Waals surface area contributed by atoms with Gasteiger partial charge in [0.05, 0.1) is 18.5 Å². The zero-order valence-electron chi connectivity index (χ0n) is 8.87. The summed E-state index contributed by atoms with van der Waals surface area (Å²) in [7, 11) is 0. The molecule has 0 radical (unpaired) electrons. The van der Waals surface area contributed by atoms with Crippen LogP contribution in [0.4, 0.5) is 0 Å². The first kappa shape index (κ1) is 10.7. The van der Waals surface area contributed by atoms with Crippen LogP contribution in [0.1, 0.15) is 16.8 Å². The van der Waals surface area contributed by atoms with Gasteiger partial charge in [0.1, 0.15) is 0 Å². The van der Waals surface area contributed by atoms with Gasteiger partial charge in [-0.25, -0.2) is 0 Å². The molecule has 2 aromatic heterocycles. The molecule has 1 N–H and O–H groups in total. The molecule has 4 nitrogen and oxygen atoms in total. The second-order valence-corrected chi connectivity index (χ2v) is 3.57. The summed E-state index contributed by atoms with van der Waals surface area (Å²) in [4.78, 5) is 4.05. The van der Waals surface area contributed by atoms with Gasteiger partial charge in [0, 0.05) is 12.4 Å². The summed E-state index contributed by atoms with van der Waals surface area (Å²) >= 11 is 0. The molecule has 0 aliphatic rings. The highest BCUT2D eigenvalue weighted by atomic mass is 16.3. The van der Waals surface area contributed by atoms with Gasteiger partial charge in [-0.15, -0.1) is 0 Å². The number of aromatic nitrogens is 3. The van der Waals surface area contributed by atoms with Crippen molar-refractivity contribution in [3.05, 3.63) is 53.6 Å². The first-order valence-electron chi connectivity index (χ1n) is 5.19. The maximum Gasteiger partial charge on any atom is 0.0698 e. The average molecular weight is 215 g/mol. The van der Waals surface area contributed by atoms with Gasteiger partial charge >= 0.3 is 0 Å². The monoisotopic (exact) mass is 215 g/mol. The number of hydrogen-bond donors (Lipinski definition) is 1. The first-order valence-corrected chi connectivity index (χ1v) is 5.19. The molecule has 2 rings (SSSR count). The summed E-state index contributed by atoms with van der Waals surface area (Å²) in [5, 5.41) is 16.8. The molecule has 0 aliphatic carbocycles. The van der Waals surface area contributed by atoms with Gasteiger partial charge in [0.2, 0.25) is 0 Å². The van der Waals surface area contributed by atoms with Crippen molar-refractivity contribution in [2.24, 2.45) is 0 Å². The van der Waals surface area contributed by atoms with E-state index in [1.54, 1.807) is 12.4 Å². The number of aliphatic hydroxyl groups excluding tert-OH is 1. The van der Waals surface area contributed by atoms with Crippen molar-refractivity contribution in [2.75, 3.05) is 0 Å². The zero-order valence-corrected chi connectivity index (χ0v) is 8.87. The molecule has 16 heavy (non-hydrogen) atoms. The lowest BCUT2D eigenvalue weighted by Crippen LogP contribution is -1.98. The smallest absolute Gasteiger partial charge is 0.0698 e. The number of aliphatic hydroxyl groups is 1. The van der Waals surface area contributed by atoms with Crippen molar-refractivity contribution in [1.82, 2.24) is 15.2 Å². The molecule has 0 spiro atoms. The molecule has 82 valence electrons. The minimum absolute atomic E-state index is 0.00934. The Morgan fingerprint density at radius 1 is 1.12 bits per heavy atom. The maximum absolute atomic E-state index is 8.97. The molecule has 0 saturated heterocycles. The zero-order chi connectivity index (χ0) is 11.2. The van der Waals surface area contributed by atoms with E-state index in [4.69, 9.17) is 5.11 Å². The Kier molecular flexibility index (Phi) is 3.56.